The fraction of sp³-hybridized carbons (Fsp3) is 0.467. The Balaban J connectivity index is 1.50. The van der Waals surface area contributed by atoms with Gasteiger partial charge in [-0.3, -0.25) is 19.1 Å². The predicted octanol–water partition coefficient (Wildman–Crippen LogP) is 4.24. The zero-order valence-electron chi connectivity index (χ0n) is 23.7. The molecule has 208 valence electrons. The van der Waals surface area contributed by atoms with Gasteiger partial charge < -0.3 is 15.0 Å². The predicted molar refractivity (Wildman–Crippen MR) is 155 cm³/mol. The van der Waals surface area contributed by atoms with Crippen molar-refractivity contribution >= 4 is 22.9 Å². The molecule has 0 saturated carbocycles. The second-order valence-electron chi connectivity index (χ2n) is 11.3. The van der Waals surface area contributed by atoms with E-state index < -0.39 is 0 Å². The van der Waals surface area contributed by atoms with E-state index in [0.29, 0.717) is 30.6 Å². The third-order valence-electron chi connectivity index (χ3n) is 6.81. The molecule has 1 amide bonds. The summed E-state index contributed by atoms with van der Waals surface area (Å²) in [5, 5.41) is 4.13. The molecule has 1 saturated heterocycles. The molecule has 0 bridgehead atoms. The lowest BCUT2D eigenvalue weighted by atomic mass is 9.97. The third kappa shape index (κ3) is 7.03. The zero-order chi connectivity index (χ0) is 28.2. The van der Waals surface area contributed by atoms with E-state index in [1.54, 1.807) is 16.7 Å². The topological polar surface area (TPSA) is 92.6 Å². The number of pyridine rings is 1. The van der Waals surface area contributed by atoms with Gasteiger partial charge in [-0.1, -0.05) is 51.6 Å². The maximum Gasteiger partial charge on any atom is 0.252 e. The fourth-order valence-electron chi connectivity index (χ4n) is 4.78. The Morgan fingerprint density at radius 2 is 1.79 bits per heavy atom. The first kappa shape index (κ1) is 28.3. The first-order valence-corrected chi connectivity index (χ1v) is 13.6. The Hall–Kier alpha value is -3.72. The molecule has 3 aromatic rings. The quantitative estimate of drug-likeness (QED) is 0.412. The summed E-state index contributed by atoms with van der Waals surface area (Å²) < 4.78 is 7.55. The molecule has 1 aromatic carbocycles. The minimum atomic E-state index is -0.103. The maximum absolute atomic E-state index is 12.8. The number of ether oxygens (including phenoxy) is 1. The van der Waals surface area contributed by atoms with E-state index >= 15 is 0 Å². The molecule has 4 rings (SSSR count). The van der Waals surface area contributed by atoms with Gasteiger partial charge in [0, 0.05) is 45.3 Å². The lowest BCUT2D eigenvalue weighted by Gasteiger charge is -2.34. The highest BCUT2D eigenvalue weighted by molar-refractivity contribution is 5.87. The molecule has 1 aliphatic heterocycles. The molecule has 2 aromatic heterocycles. The van der Waals surface area contributed by atoms with E-state index in [4.69, 9.17) is 9.72 Å². The van der Waals surface area contributed by atoms with Crippen LogP contribution >= 0.6 is 0 Å². The molecule has 9 nitrogen and oxygen atoms in total. The van der Waals surface area contributed by atoms with E-state index in [2.05, 4.69) is 73.7 Å². The Morgan fingerprint density at radius 1 is 1.10 bits per heavy atom. The van der Waals surface area contributed by atoms with Crippen LogP contribution in [0, 0.1) is 5.41 Å². The van der Waals surface area contributed by atoms with Crippen LogP contribution in [-0.2, 0) is 17.9 Å². The van der Waals surface area contributed by atoms with Gasteiger partial charge >= 0.3 is 0 Å². The molecule has 0 unspecified atom stereocenters. The van der Waals surface area contributed by atoms with Crippen molar-refractivity contribution in [1.29, 1.82) is 0 Å². The Kier molecular flexibility index (Phi) is 8.70. The molecule has 1 aliphatic rings. The number of hydrogen-bond acceptors (Lipinski definition) is 7. The minimum absolute atomic E-state index is 0.00162. The number of nitrogens with zero attached hydrogens (tertiary/aromatic N) is 5. The number of piperazine rings is 1. The van der Waals surface area contributed by atoms with Crippen LogP contribution in [0.3, 0.4) is 0 Å². The molecule has 0 radical (unpaired) electrons. The van der Waals surface area contributed by atoms with Gasteiger partial charge in [-0.15, -0.1) is 0 Å². The van der Waals surface area contributed by atoms with Crippen LogP contribution < -0.4 is 15.6 Å². The van der Waals surface area contributed by atoms with Crippen molar-refractivity contribution in [1.82, 2.24) is 24.3 Å². The second kappa shape index (κ2) is 12.0. The van der Waals surface area contributed by atoms with Crippen molar-refractivity contribution in [3.63, 3.8) is 0 Å². The molecular formula is C30H40N6O3. The summed E-state index contributed by atoms with van der Waals surface area (Å²) >= 11 is 0. The highest BCUT2D eigenvalue weighted by atomic mass is 16.5. The summed E-state index contributed by atoms with van der Waals surface area (Å²) in [7, 11) is 0. The molecule has 0 aliphatic carbocycles. The average molecular weight is 533 g/mol. The summed E-state index contributed by atoms with van der Waals surface area (Å²) in [5.41, 5.74) is 2.69. The molecule has 39 heavy (non-hydrogen) atoms. The smallest absolute Gasteiger partial charge is 0.252 e. The number of carbonyl (C=O) groups is 1. The Morgan fingerprint density at radius 3 is 2.41 bits per heavy atom. The van der Waals surface area contributed by atoms with E-state index in [-0.39, 0.29) is 22.9 Å². The summed E-state index contributed by atoms with van der Waals surface area (Å²) in [6, 6.07) is 11.7. The zero-order valence-corrected chi connectivity index (χ0v) is 23.7. The van der Waals surface area contributed by atoms with Crippen molar-refractivity contribution in [2.75, 3.05) is 38.1 Å². The van der Waals surface area contributed by atoms with Crippen LogP contribution in [0.1, 0.15) is 51.8 Å². The Labute approximate surface area is 230 Å². The third-order valence-corrected chi connectivity index (χ3v) is 6.81. The molecule has 1 atom stereocenters. The van der Waals surface area contributed by atoms with Gasteiger partial charge in [0.25, 0.3) is 5.56 Å². The molecule has 0 spiro atoms. The number of rotatable bonds is 9. The van der Waals surface area contributed by atoms with Crippen molar-refractivity contribution < 1.29 is 9.53 Å². The molecule has 9 heteroatoms. The fourth-order valence-corrected chi connectivity index (χ4v) is 4.78. The molecule has 1 fully saturated rings. The number of anilines is 1. The van der Waals surface area contributed by atoms with Gasteiger partial charge in [0.1, 0.15) is 0 Å². The van der Waals surface area contributed by atoms with Crippen LogP contribution in [0.15, 0.2) is 53.8 Å². The van der Waals surface area contributed by atoms with E-state index in [1.807, 2.05) is 11.8 Å². The van der Waals surface area contributed by atoms with Crippen molar-refractivity contribution in [3.8, 4) is 5.88 Å². The van der Waals surface area contributed by atoms with Crippen LogP contribution in [0.25, 0.3) is 11.0 Å². The van der Waals surface area contributed by atoms with Gasteiger partial charge in [-0.25, -0.2) is 0 Å². The first-order valence-electron chi connectivity index (χ1n) is 13.6. The molecule has 1 N–H and O–H groups in total. The van der Waals surface area contributed by atoms with Gasteiger partial charge in [0.2, 0.25) is 17.7 Å². The van der Waals surface area contributed by atoms with Gasteiger partial charge in [-0.05, 0) is 42.5 Å². The monoisotopic (exact) mass is 532 g/mol. The van der Waals surface area contributed by atoms with Gasteiger partial charge in [0.15, 0.2) is 5.65 Å². The minimum Gasteiger partial charge on any atom is -0.477 e. The second-order valence-corrected chi connectivity index (χ2v) is 11.3. The van der Waals surface area contributed by atoms with Crippen LogP contribution in [0.5, 0.6) is 5.88 Å². The van der Waals surface area contributed by atoms with Crippen LogP contribution in [-0.4, -0.2) is 63.0 Å². The molecular weight excluding hydrogens is 492 g/mol. The highest BCUT2D eigenvalue weighted by Gasteiger charge is 2.21. The number of benzene rings is 1. The van der Waals surface area contributed by atoms with Gasteiger partial charge in [0.05, 0.1) is 18.0 Å². The van der Waals surface area contributed by atoms with E-state index in [9.17, 15) is 9.59 Å². The summed E-state index contributed by atoms with van der Waals surface area (Å²) in [6.07, 6.45) is 1.38. The highest BCUT2D eigenvalue weighted by Crippen LogP contribution is 2.27. The lowest BCUT2D eigenvalue weighted by molar-refractivity contribution is -0.127. The number of hydrogen-bond donors (Lipinski definition) is 1. The Bertz CT molecular complexity index is 1370. The van der Waals surface area contributed by atoms with Crippen LogP contribution in [0.2, 0.25) is 0 Å². The summed E-state index contributed by atoms with van der Waals surface area (Å²) in [6.45, 7) is 18.8. The standard InChI is InChI=1S/C30H40N6O3/c1-7-25(37)35-17-15-34(16-18-35)19-22-9-11-23(12-10-22)21(3)31-29-32-27-24(28(33-29)39-8-2)13-14-26(38)36(27)20-30(4,5)6/h7,9-14,21H,1,8,15-20H2,2-6H3,(H,31,32,33)/t21-/m0/s1. The number of carbonyl (C=O) groups excluding carboxylic acids is 1. The molecule has 3 heterocycles. The van der Waals surface area contributed by atoms with Gasteiger partial charge in [-0.2, -0.15) is 9.97 Å². The van der Waals surface area contributed by atoms with Crippen molar-refractivity contribution in [3.05, 3.63) is 70.5 Å². The number of amides is 1. The maximum atomic E-state index is 12.8. The van der Waals surface area contributed by atoms with E-state index in [1.165, 1.54) is 11.6 Å². The SMILES string of the molecule is C=CC(=O)N1CCN(Cc2ccc([C@H](C)Nc3nc(OCC)c4ccc(=O)n(CC(C)(C)C)c4n3)cc2)CC1. The van der Waals surface area contributed by atoms with E-state index in [0.717, 1.165) is 43.7 Å². The number of aromatic nitrogens is 3. The average Bonchev–Trinajstić information content (AvgIpc) is 2.90. The first-order chi connectivity index (χ1) is 18.6. The largest absolute Gasteiger partial charge is 0.477 e. The lowest BCUT2D eigenvalue weighted by Crippen LogP contribution is -2.47. The van der Waals surface area contributed by atoms with Crippen molar-refractivity contribution in [2.45, 2.75) is 53.8 Å². The summed E-state index contributed by atoms with van der Waals surface area (Å²) in [5.74, 6) is 0.884. The number of fused-ring (bicyclic) bond motifs is 1. The normalized spacial score (nSPS) is 15.3. The number of nitrogens with one attached hydrogen (secondary N) is 1. The van der Waals surface area contributed by atoms with Crippen LogP contribution in [0.4, 0.5) is 5.95 Å². The summed E-state index contributed by atoms with van der Waals surface area (Å²) in [4.78, 5) is 38.2. The van der Waals surface area contributed by atoms with Crippen molar-refractivity contribution in [2.24, 2.45) is 5.41 Å².